The molecular weight excluding hydrogens is 360 g/mol. The van der Waals surface area contributed by atoms with Crippen LogP contribution in [0.3, 0.4) is 0 Å². The van der Waals surface area contributed by atoms with E-state index in [2.05, 4.69) is 10.1 Å². The molecule has 3 rings (SSSR count). The number of amides is 2. The lowest BCUT2D eigenvalue weighted by molar-refractivity contribution is -0.138. The predicted molar refractivity (Wildman–Crippen MR) is 104 cm³/mol. The summed E-state index contributed by atoms with van der Waals surface area (Å²) < 4.78 is 10.1. The van der Waals surface area contributed by atoms with Gasteiger partial charge in [-0.15, -0.1) is 0 Å². The summed E-state index contributed by atoms with van der Waals surface area (Å²) in [6.45, 7) is 7.11. The van der Waals surface area contributed by atoms with Gasteiger partial charge < -0.3 is 24.0 Å². The maximum absolute atomic E-state index is 12.7. The summed E-state index contributed by atoms with van der Waals surface area (Å²) in [5.41, 5.74) is 0.335. The van der Waals surface area contributed by atoms with Crippen LogP contribution < -0.4 is 0 Å². The molecule has 0 spiro atoms. The monoisotopic (exact) mass is 392 g/mol. The molecule has 0 bridgehead atoms. The molecule has 1 unspecified atom stereocenters. The summed E-state index contributed by atoms with van der Waals surface area (Å²) in [6, 6.07) is 1.68. The van der Waals surface area contributed by atoms with E-state index in [0.717, 1.165) is 38.9 Å². The first-order valence-corrected chi connectivity index (χ1v) is 10.3. The zero-order valence-corrected chi connectivity index (χ0v) is 17.1. The minimum absolute atomic E-state index is 0.000464. The van der Waals surface area contributed by atoms with Crippen molar-refractivity contribution in [2.75, 3.05) is 53.0 Å². The Bertz CT molecular complexity index is 656. The molecule has 2 fully saturated rings. The molecule has 156 valence electrons. The number of piperidine rings is 1. The van der Waals surface area contributed by atoms with E-state index in [1.807, 2.05) is 4.90 Å². The highest BCUT2D eigenvalue weighted by Crippen LogP contribution is 2.19. The van der Waals surface area contributed by atoms with Gasteiger partial charge in [0.05, 0.1) is 0 Å². The topological polar surface area (TPSA) is 79.1 Å². The molecule has 0 aliphatic carbocycles. The first-order chi connectivity index (χ1) is 13.6. The SMILES string of the molecule is COCC(=O)N(CCCN1CCCC1)C1CCCN(C(=O)c2cc(C)on2)C1. The lowest BCUT2D eigenvalue weighted by Crippen LogP contribution is -2.53. The molecule has 0 N–H and O–H groups in total. The van der Waals surface area contributed by atoms with E-state index in [1.54, 1.807) is 25.0 Å². The maximum Gasteiger partial charge on any atom is 0.276 e. The van der Waals surface area contributed by atoms with Gasteiger partial charge in [-0.05, 0) is 58.7 Å². The number of nitrogens with zero attached hydrogens (tertiary/aromatic N) is 4. The molecular formula is C20H32N4O4. The van der Waals surface area contributed by atoms with E-state index in [1.165, 1.54) is 12.8 Å². The second kappa shape index (κ2) is 10.0. The van der Waals surface area contributed by atoms with E-state index in [4.69, 9.17) is 9.26 Å². The third-order valence-electron chi connectivity index (χ3n) is 5.63. The molecule has 8 heteroatoms. The first kappa shape index (κ1) is 20.8. The highest BCUT2D eigenvalue weighted by atomic mass is 16.5. The smallest absolute Gasteiger partial charge is 0.276 e. The van der Waals surface area contributed by atoms with Crippen molar-refractivity contribution in [3.8, 4) is 0 Å². The Kier molecular flexibility index (Phi) is 7.44. The van der Waals surface area contributed by atoms with E-state index < -0.39 is 0 Å². The number of likely N-dealkylation sites (tertiary alicyclic amines) is 2. The maximum atomic E-state index is 12.7. The third kappa shape index (κ3) is 5.32. The second-order valence-corrected chi connectivity index (χ2v) is 7.79. The summed E-state index contributed by atoms with van der Waals surface area (Å²) in [6.07, 6.45) is 5.26. The van der Waals surface area contributed by atoms with Gasteiger partial charge >= 0.3 is 0 Å². The van der Waals surface area contributed by atoms with Gasteiger partial charge in [0, 0.05) is 38.9 Å². The molecule has 3 heterocycles. The average Bonchev–Trinajstić information content (AvgIpc) is 3.36. The summed E-state index contributed by atoms with van der Waals surface area (Å²) in [5, 5.41) is 3.85. The average molecular weight is 393 g/mol. The van der Waals surface area contributed by atoms with Crippen molar-refractivity contribution >= 4 is 11.8 Å². The zero-order chi connectivity index (χ0) is 19.9. The highest BCUT2D eigenvalue weighted by Gasteiger charge is 2.31. The van der Waals surface area contributed by atoms with Gasteiger partial charge in [-0.2, -0.15) is 0 Å². The molecule has 2 amide bonds. The van der Waals surface area contributed by atoms with Crippen molar-refractivity contribution in [2.45, 2.75) is 45.1 Å². The van der Waals surface area contributed by atoms with Crippen LogP contribution in [0.4, 0.5) is 0 Å². The van der Waals surface area contributed by atoms with Crippen molar-refractivity contribution in [1.29, 1.82) is 0 Å². The lowest BCUT2D eigenvalue weighted by Gasteiger charge is -2.39. The van der Waals surface area contributed by atoms with Crippen molar-refractivity contribution in [1.82, 2.24) is 19.9 Å². The minimum Gasteiger partial charge on any atom is -0.375 e. The van der Waals surface area contributed by atoms with Gasteiger partial charge in [0.15, 0.2) is 5.69 Å². The summed E-state index contributed by atoms with van der Waals surface area (Å²) in [5.74, 6) is 0.494. The van der Waals surface area contributed by atoms with E-state index in [0.29, 0.717) is 31.1 Å². The predicted octanol–water partition coefficient (Wildman–Crippen LogP) is 1.55. The van der Waals surface area contributed by atoms with Crippen LogP contribution in [0.15, 0.2) is 10.6 Å². The normalized spacial score (nSPS) is 20.5. The number of hydrogen-bond acceptors (Lipinski definition) is 6. The fraction of sp³-hybridized carbons (Fsp3) is 0.750. The fourth-order valence-corrected chi connectivity index (χ4v) is 4.21. The van der Waals surface area contributed by atoms with Crippen LogP contribution >= 0.6 is 0 Å². The van der Waals surface area contributed by atoms with Gasteiger partial charge in [0.1, 0.15) is 12.4 Å². The largest absolute Gasteiger partial charge is 0.375 e. The number of hydrogen-bond donors (Lipinski definition) is 0. The van der Waals surface area contributed by atoms with Crippen molar-refractivity contribution < 1.29 is 18.8 Å². The van der Waals surface area contributed by atoms with Gasteiger partial charge in [-0.25, -0.2) is 0 Å². The summed E-state index contributed by atoms with van der Waals surface area (Å²) in [4.78, 5) is 31.6. The number of methoxy groups -OCH3 is 1. The molecule has 2 saturated heterocycles. The number of carbonyl (C=O) groups excluding carboxylic acids is 2. The first-order valence-electron chi connectivity index (χ1n) is 10.3. The van der Waals surface area contributed by atoms with Crippen LogP contribution in [0, 0.1) is 6.92 Å². The Morgan fingerprint density at radius 2 is 2.07 bits per heavy atom. The molecule has 0 aromatic carbocycles. The van der Waals surface area contributed by atoms with E-state index in [-0.39, 0.29) is 24.5 Å². The Morgan fingerprint density at radius 3 is 2.75 bits per heavy atom. The van der Waals surface area contributed by atoms with Crippen LogP contribution in [0.1, 0.15) is 48.4 Å². The zero-order valence-electron chi connectivity index (χ0n) is 17.1. The van der Waals surface area contributed by atoms with Crippen LogP contribution in [0.25, 0.3) is 0 Å². The number of rotatable bonds is 8. The number of aryl methyl sites for hydroxylation is 1. The van der Waals surface area contributed by atoms with E-state index >= 15 is 0 Å². The Labute approximate surface area is 166 Å². The Hall–Kier alpha value is -1.93. The molecule has 2 aliphatic rings. The van der Waals surface area contributed by atoms with Gasteiger partial charge in [0.2, 0.25) is 5.91 Å². The third-order valence-corrected chi connectivity index (χ3v) is 5.63. The van der Waals surface area contributed by atoms with Crippen LogP contribution in [0.2, 0.25) is 0 Å². The molecule has 1 aromatic heterocycles. The molecule has 0 saturated carbocycles. The second-order valence-electron chi connectivity index (χ2n) is 7.79. The van der Waals surface area contributed by atoms with Crippen LogP contribution in [-0.4, -0.2) is 90.7 Å². The van der Waals surface area contributed by atoms with Crippen LogP contribution in [0.5, 0.6) is 0 Å². The molecule has 28 heavy (non-hydrogen) atoms. The standard InChI is InChI=1S/C20H32N4O4/c1-16-13-18(21-28-16)20(26)23-11-5-7-17(14-23)24(19(25)15-27-2)12-6-10-22-8-3-4-9-22/h13,17H,3-12,14-15H2,1-2H3. The summed E-state index contributed by atoms with van der Waals surface area (Å²) >= 11 is 0. The number of aromatic nitrogens is 1. The quantitative estimate of drug-likeness (QED) is 0.668. The lowest BCUT2D eigenvalue weighted by atomic mass is 10.0. The van der Waals surface area contributed by atoms with Crippen molar-refractivity contribution in [3.63, 3.8) is 0 Å². The summed E-state index contributed by atoms with van der Waals surface area (Å²) in [7, 11) is 1.55. The molecule has 1 aromatic rings. The number of ether oxygens (including phenoxy) is 1. The molecule has 8 nitrogen and oxygen atoms in total. The minimum atomic E-state index is -0.127. The molecule has 2 aliphatic heterocycles. The molecule has 0 radical (unpaired) electrons. The van der Waals surface area contributed by atoms with Crippen molar-refractivity contribution in [3.05, 3.63) is 17.5 Å². The van der Waals surface area contributed by atoms with Crippen molar-refractivity contribution in [2.24, 2.45) is 0 Å². The Balaban J connectivity index is 1.60. The van der Waals surface area contributed by atoms with Crippen LogP contribution in [-0.2, 0) is 9.53 Å². The fourth-order valence-electron chi connectivity index (χ4n) is 4.21. The Morgan fingerprint density at radius 1 is 1.29 bits per heavy atom. The molecule has 1 atom stereocenters. The highest BCUT2D eigenvalue weighted by molar-refractivity contribution is 5.92. The van der Waals surface area contributed by atoms with Gasteiger partial charge in [-0.1, -0.05) is 5.16 Å². The van der Waals surface area contributed by atoms with Gasteiger partial charge in [0.25, 0.3) is 5.91 Å². The number of carbonyl (C=O) groups is 2. The van der Waals surface area contributed by atoms with E-state index in [9.17, 15) is 9.59 Å². The van der Waals surface area contributed by atoms with Gasteiger partial charge in [-0.3, -0.25) is 9.59 Å².